The molecule has 0 unspecified atom stereocenters. The number of pyridine rings is 2. The van der Waals surface area contributed by atoms with Gasteiger partial charge in [0, 0.05) is 39.8 Å². The average Bonchev–Trinajstić information content (AvgIpc) is 3.02. The fourth-order valence-electron chi connectivity index (χ4n) is 2.86. The molecule has 1 amide bonds. The van der Waals surface area contributed by atoms with E-state index in [1.807, 2.05) is 32.9 Å². The van der Waals surface area contributed by atoms with Gasteiger partial charge >= 0.3 is 6.09 Å². The third-order valence-corrected chi connectivity index (χ3v) is 6.51. The minimum atomic E-state index is -0.984. The number of halogens is 2. The lowest BCUT2D eigenvalue weighted by Gasteiger charge is -2.27. The second-order valence-electron chi connectivity index (χ2n) is 7.87. The smallest absolute Gasteiger partial charge is 0.407 e. The first kappa shape index (κ1) is 22.5. The number of nitrogens with zero attached hydrogens (tertiary/aromatic N) is 3. The van der Waals surface area contributed by atoms with Crippen molar-refractivity contribution in [2.24, 2.45) is 5.41 Å². The summed E-state index contributed by atoms with van der Waals surface area (Å²) in [7, 11) is 0. The Bertz CT molecular complexity index is 1050. The summed E-state index contributed by atoms with van der Waals surface area (Å²) in [5, 5.41) is 10.0. The number of aromatic nitrogens is 2. The molecule has 3 aromatic heterocycles. The molecule has 0 saturated heterocycles. The highest BCUT2D eigenvalue weighted by Gasteiger charge is 2.23. The molecule has 0 atom stereocenters. The van der Waals surface area contributed by atoms with Gasteiger partial charge in [-0.25, -0.2) is 14.8 Å². The van der Waals surface area contributed by atoms with Gasteiger partial charge < -0.3 is 10.0 Å². The van der Waals surface area contributed by atoms with Crippen LogP contribution in [0.15, 0.2) is 51.8 Å². The lowest BCUT2D eigenvalue weighted by Crippen LogP contribution is -2.36. The first-order valence-electron chi connectivity index (χ1n) is 9.13. The van der Waals surface area contributed by atoms with E-state index in [1.165, 1.54) is 34.2 Å². The van der Waals surface area contributed by atoms with Crippen molar-refractivity contribution in [2.45, 2.75) is 36.4 Å². The molecule has 3 rings (SSSR count). The molecule has 0 fully saturated rings. The molecule has 0 saturated carbocycles. The Morgan fingerprint density at radius 2 is 2.00 bits per heavy atom. The van der Waals surface area contributed by atoms with Crippen molar-refractivity contribution in [3.05, 3.63) is 58.7 Å². The summed E-state index contributed by atoms with van der Waals surface area (Å²) >= 11 is 8.87. The number of hydrogen-bond acceptors (Lipinski definition) is 5. The zero-order chi connectivity index (χ0) is 21.9. The van der Waals surface area contributed by atoms with Gasteiger partial charge in [0.25, 0.3) is 0 Å². The van der Waals surface area contributed by atoms with Crippen molar-refractivity contribution in [2.75, 3.05) is 6.54 Å². The fraction of sp³-hybridized carbons (Fsp3) is 0.286. The Balaban J connectivity index is 1.99. The van der Waals surface area contributed by atoms with Crippen LogP contribution in [0.5, 0.6) is 0 Å². The van der Waals surface area contributed by atoms with Gasteiger partial charge in [0.05, 0.1) is 10.8 Å². The Morgan fingerprint density at radius 3 is 2.63 bits per heavy atom. The maximum absolute atomic E-state index is 14.4. The second kappa shape index (κ2) is 9.32. The molecule has 0 aromatic carbocycles. The summed E-state index contributed by atoms with van der Waals surface area (Å²) in [4.78, 5) is 22.6. The fourth-order valence-corrected chi connectivity index (χ4v) is 5.58. The summed E-state index contributed by atoms with van der Waals surface area (Å²) in [5.74, 6) is -0.568. The number of hydrogen-bond donors (Lipinski definition) is 1. The number of carbonyl (C=O) groups is 1. The van der Waals surface area contributed by atoms with Gasteiger partial charge in [0.1, 0.15) is 5.15 Å². The predicted molar refractivity (Wildman–Crippen MR) is 119 cm³/mol. The largest absolute Gasteiger partial charge is 0.465 e. The van der Waals surface area contributed by atoms with Crippen molar-refractivity contribution in [3.8, 4) is 11.1 Å². The van der Waals surface area contributed by atoms with Gasteiger partial charge in [-0.3, -0.25) is 0 Å². The second-order valence-corrected chi connectivity index (χ2v) is 10.7. The Labute approximate surface area is 187 Å². The van der Waals surface area contributed by atoms with Crippen LogP contribution in [0, 0.1) is 11.4 Å². The first-order chi connectivity index (χ1) is 14.1. The normalized spacial score (nSPS) is 11.5. The number of carboxylic acid groups (broad SMARTS) is 1. The Kier molecular flexibility index (Phi) is 7.00. The molecular formula is C21H21ClFN3O2S2. The van der Waals surface area contributed by atoms with Gasteiger partial charge in [0.2, 0.25) is 5.95 Å². The molecule has 0 bridgehead atoms. The summed E-state index contributed by atoms with van der Waals surface area (Å²) in [6, 6.07) is 8.74. The lowest BCUT2D eigenvalue weighted by molar-refractivity contribution is 0.123. The van der Waals surface area contributed by atoms with E-state index in [0.717, 1.165) is 14.0 Å². The molecule has 158 valence electrons. The van der Waals surface area contributed by atoms with Crippen LogP contribution in [0.2, 0.25) is 5.15 Å². The van der Waals surface area contributed by atoms with Crippen LogP contribution in [0.1, 0.15) is 25.6 Å². The van der Waals surface area contributed by atoms with Crippen LogP contribution in [0.25, 0.3) is 11.1 Å². The molecule has 0 radical (unpaired) electrons. The molecule has 1 N–H and O–H groups in total. The molecule has 3 heterocycles. The minimum Gasteiger partial charge on any atom is -0.465 e. The molecule has 3 aromatic rings. The van der Waals surface area contributed by atoms with Gasteiger partial charge in [-0.05, 0) is 35.7 Å². The van der Waals surface area contributed by atoms with E-state index in [9.17, 15) is 14.3 Å². The maximum Gasteiger partial charge on any atom is 0.407 e. The average molecular weight is 466 g/mol. The standard InChI is InChI=1S/C21H21ClFN3O2S2/c1-21(2,3)12-26(20(27)28)11-14-9-16(15-5-4-7-25-18(15)23)19(30-14)29-13-6-8-24-17(22)10-13/h4-10H,11-12H2,1-3H3,(H,27,28). The predicted octanol–water partition coefficient (Wildman–Crippen LogP) is 6.67. The molecular weight excluding hydrogens is 445 g/mol. The molecule has 0 aliphatic carbocycles. The van der Waals surface area contributed by atoms with E-state index in [4.69, 9.17) is 11.6 Å². The van der Waals surface area contributed by atoms with Crippen LogP contribution in [-0.2, 0) is 6.54 Å². The van der Waals surface area contributed by atoms with Gasteiger partial charge in [-0.1, -0.05) is 44.1 Å². The van der Waals surface area contributed by atoms with Crippen molar-refractivity contribution in [3.63, 3.8) is 0 Å². The molecule has 30 heavy (non-hydrogen) atoms. The number of amides is 1. The monoisotopic (exact) mass is 465 g/mol. The first-order valence-corrected chi connectivity index (χ1v) is 11.1. The van der Waals surface area contributed by atoms with Gasteiger partial charge in [-0.2, -0.15) is 4.39 Å². The van der Waals surface area contributed by atoms with Crippen LogP contribution in [0.4, 0.5) is 9.18 Å². The van der Waals surface area contributed by atoms with E-state index in [1.54, 1.807) is 24.4 Å². The van der Waals surface area contributed by atoms with E-state index >= 15 is 0 Å². The summed E-state index contributed by atoms with van der Waals surface area (Å²) in [5.41, 5.74) is 0.874. The molecule has 0 aliphatic heterocycles. The molecule has 0 aliphatic rings. The van der Waals surface area contributed by atoms with Crippen LogP contribution < -0.4 is 0 Å². The zero-order valence-corrected chi connectivity index (χ0v) is 19.1. The topological polar surface area (TPSA) is 66.3 Å². The van der Waals surface area contributed by atoms with Crippen molar-refractivity contribution in [1.29, 1.82) is 0 Å². The highest BCUT2D eigenvalue weighted by molar-refractivity contribution is 8.01. The maximum atomic E-state index is 14.4. The molecule has 0 spiro atoms. The van der Waals surface area contributed by atoms with Gasteiger partial charge in [0.15, 0.2) is 0 Å². The molecule has 9 heteroatoms. The van der Waals surface area contributed by atoms with E-state index < -0.39 is 12.0 Å². The van der Waals surface area contributed by atoms with Crippen LogP contribution in [-0.4, -0.2) is 32.6 Å². The van der Waals surface area contributed by atoms with Crippen LogP contribution >= 0.6 is 34.7 Å². The van der Waals surface area contributed by atoms with E-state index in [2.05, 4.69) is 9.97 Å². The Morgan fingerprint density at radius 1 is 1.23 bits per heavy atom. The number of thiophene rings is 1. The van der Waals surface area contributed by atoms with E-state index in [-0.39, 0.29) is 12.0 Å². The summed E-state index contributed by atoms with van der Waals surface area (Å²) in [6.45, 7) is 6.58. The number of rotatable bonds is 6. The SMILES string of the molecule is CC(C)(C)CN(Cc1cc(-c2cccnc2F)c(Sc2ccnc(Cl)c2)s1)C(=O)O. The van der Waals surface area contributed by atoms with Crippen molar-refractivity contribution < 1.29 is 14.3 Å². The third kappa shape index (κ3) is 5.93. The minimum absolute atomic E-state index is 0.181. The highest BCUT2D eigenvalue weighted by Crippen LogP contribution is 2.43. The zero-order valence-electron chi connectivity index (χ0n) is 16.7. The van der Waals surface area contributed by atoms with E-state index in [0.29, 0.717) is 22.8 Å². The highest BCUT2D eigenvalue weighted by atomic mass is 35.5. The molecule has 5 nitrogen and oxygen atoms in total. The quantitative estimate of drug-likeness (QED) is 0.411. The lowest BCUT2D eigenvalue weighted by atomic mass is 9.96. The third-order valence-electron chi connectivity index (χ3n) is 3.99. The Hall–Kier alpha value is -2.16. The van der Waals surface area contributed by atoms with Crippen molar-refractivity contribution >= 4 is 40.8 Å². The summed E-state index contributed by atoms with van der Waals surface area (Å²) in [6.07, 6.45) is 2.03. The van der Waals surface area contributed by atoms with Crippen molar-refractivity contribution in [1.82, 2.24) is 14.9 Å². The summed E-state index contributed by atoms with van der Waals surface area (Å²) < 4.78 is 15.3. The van der Waals surface area contributed by atoms with Crippen LogP contribution in [0.3, 0.4) is 0 Å². The van der Waals surface area contributed by atoms with Gasteiger partial charge in [-0.15, -0.1) is 11.3 Å².